The van der Waals surface area contributed by atoms with Crippen LogP contribution in [0.25, 0.3) is 0 Å². The maximum Gasteiger partial charge on any atom is 0.253 e. The molecule has 2 N–H and O–H groups in total. The molecule has 1 fully saturated rings. The van der Waals surface area contributed by atoms with Gasteiger partial charge in [-0.3, -0.25) is 9.79 Å². The van der Waals surface area contributed by atoms with Crippen molar-refractivity contribution in [1.82, 2.24) is 19.8 Å². The lowest BCUT2D eigenvalue weighted by Gasteiger charge is -2.25. The molecule has 1 aliphatic heterocycles. The Labute approximate surface area is 178 Å². The van der Waals surface area contributed by atoms with Gasteiger partial charge in [0, 0.05) is 64.4 Å². The molecule has 1 aliphatic rings. The highest BCUT2D eigenvalue weighted by Crippen LogP contribution is 2.13. The summed E-state index contributed by atoms with van der Waals surface area (Å²) in [5.74, 6) is 2.31. The van der Waals surface area contributed by atoms with Crippen LogP contribution in [0.1, 0.15) is 15.9 Å². The lowest BCUT2D eigenvalue weighted by molar-refractivity contribution is 0.0827. The Morgan fingerprint density at radius 2 is 1.90 bits per heavy atom. The van der Waals surface area contributed by atoms with E-state index < -0.39 is 10.0 Å². The molecule has 0 aromatic heterocycles. The zero-order chi connectivity index (χ0) is 21.3. The normalized spacial score (nSPS) is 15.8. The Kier molecular flexibility index (Phi) is 9.25. The number of amides is 1. The fraction of sp³-hybridized carbons (Fsp3) is 0.579. The second kappa shape index (κ2) is 11.4. The summed E-state index contributed by atoms with van der Waals surface area (Å²) in [6.45, 7) is 2.11. The van der Waals surface area contributed by atoms with Crippen LogP contribution in [0.5, 0.6) is 0 Å². The van der Waals surface area contributed by atoms with Gasteiger partial charge in [-0.1, -0.05) is 12.1 Å². The van der Waals surface area contributed by atoms with Gasteiger partial charge >= 0.3 is 0 Å². The van der Waals surface area contributed by atoms with Gasteiger partial charge in [-0.15, -0.1) is 0 Å². The first kappa shape index (κ1) is 23.5. The van der Waals surface area contributed by atoms with Crippen molar-refractivity contribution < 1.29 is 13.2 Å². The molecule has 0 radical (unpaired) electrons. The van der Waals surface area contributed by atoms with Crippen molar-refractivity contribution in [2.75, 3.05) is 64.6 Å². The van der Waals surface area contributed by atoms with Crippen LogP contribution in [-0.4, -0.2) is 94.1 Å². The molecule has 0 bridgehead atoms. The molecule has 162 valence electrons. The summed E-state index contributed by atoms with van der Waals surface area (Å²) >= 11 is 1.79. The van der Waals surface area contributed by atoms with Crippen molar-refractivity contribution >= 4 is 33.7 Å². The van der Waals surface area contributed by atoms with Crippen LogP contribution >= 0.6 is 11.8 Å². The number of rotatable bonds is 8. The molecule has 1 aromatic rings. The summed E-state index contributed by atoms with van der Waals surface area (Å²) < 4.78 is 26.3. The standard InChI is InChI=1S/C19H31N5O3S2/c1-20-19(22-9-14-29(26,27)24-10-12-28-13-11-24)21-8-7-16-5-4-6-17(15-16)18(25)23(2)3/h4-6,15H,7-14H2,1-3H3,(H2,20,21,22). The predicted molar refractivity (Wildman–Crippen MR) is 120 cm³/mol. The number of aliphatic imine (C=N–C) groups is 1. The number of hydrogen-bond donors (Lipinski definition) is 2. The molecule has 0 aliphatic carbocycles. The van der Waals surface area contributed by atoms with Crippen molar-refractivity contribution in [2.24, 2.45) is 4.99 Å². The highest BCUT2D eigenvalue weighted by Gasteiger charge is 2.23. The molecule has 1 aromatic carbocycles. The van der Waals surface area contributed by atoms with Gasteiger partial charge in [0.15, 0.2) is 5.96 Å². The van der Waals surface area contributed by atoms with Crippen LogP contribution in [0.3, 0.4) is 0 Å². The second-order valence-corrected chi connectivity index (χ2v) is 10.2. The molecule has 0 spiro atoms. The lowest BCUT2D eigenvalue weighted by atomic mass is 10.1. The van der Waals surface area contributed by atoms with Gasteiger partial charge in [-0.05, 0) is 24.1 Å². The molecule has 1 amide bonds. The SMILES string of the molecule is CN=C(NCCc1cccc(C(=O)N(C)C)c1)NCCS(=O)(=O)N1CCSCC1. The van der Waals surface area contributed by atoms with E-state index in [4.69, 9.17) is 0 Å². The summed E-state index contributed by atoms with van der Waals surface area (Å²) in [6.07, 6.45) is 0.721. The fourth-order valence-corrected chi connectivity index (χ4v) is 5.41. The van der Waals surface area contributed by atoms with Crippen molar-refractivity contribution in [2.45, 2.75) is 6.42 Å². The summed E-state index contributed by atoms with van der Waals surface area (Å²) in [5, 5.41) is 6.25. The maximum absolute atomic E-state index is 12.4. The minimum absolute atomic E-state index is 0.0224. The summed E-state index contributed by atoms with van der Waals surface area (Å²) in [5.41, 5.74) is 1.71. The van der Waals surface area contributed by atoms with Gasteiger partial charge in [-0.2, -0.15) is 11.8 Å². The number of nitrogens with zero attached hydrogens (tertiary/aromatic N) is 3. The van der Waals surface area contributed by atoms with Crippen LogP contribution < -0.4 is 10.6 Å². The van der Waals surface area contributed by atoms with E-state index in [0.717, 1.165) is 23.5 Å². The van der Waals surface area contributed by atoms with Crippen molar-refractivity contribution in [3.05, 3.63) is 35.4 Å². The molecule has 2 rings (SSSR count). The zero-order valence-corrected chi connectivity index (χ0v) is 19.0. The lowest BCUT2D eigenvalue weighted by Crippen LogP contribution is -2.44. The first-order valence-electron chi connectivity index (χ1n) is 9.64. The average Bonchev–Trinajstić information content (AvgIpc) is 2.72. The molecule has 0 unspecified atom stereocenters. The number of sulfonamides is 1. The van der Waals surface area contributed by atoms with Crippen LogP contribution in [0.2, 0.25) is 0 Å². The first-order chi connectivity index (χ1) is 13.8. The van der Waals surface area contributed by atoms with E-state index in [1.54, 1.807) is 48.2 Å². The van der Waals surface area contributed by atoms with Crippen LogP contribution in [0.15, 0.2) is 29.3 Å². The minimum atomic E-state index is -3.23. The van der Waals surface area contributed by atoms with E-state index in [9.17, 15) is 13.2 Å². The number of thioether (sulfide) groups is 1. The Morgan fingerprint density at radius 3 is 2.55 bits per heavy atom. The molecular weight excluding hydrogens is 410 g/mol. The van der Waals surface area contributed by atoms with Crippen LogP contribution in [0.4, 0.5) is 0 Å². The number of hydrogen-bond acceptors (Lipinski definition) is 5. The van der Waals surface area contributed by atoms with Gasteiger partial charge in [0.2, 0.25) is 10.0 Å². The second-order valence-electron chi connectivity index (χ2n) is 6.90. The van der Waals surface area contributed by atoms with Crippen LogP contribution in [-0.2, 0) is 16.4 Å². The molecule has 0 saturated carbocycles. The van der Waals surface area contributed by atoms with Gasteiger partial charge in [0.25, 0.3) is 5.91 Å². The number of carbonyl (C=O) groups excluding carboxylic acids is 1. The molecule has 1 heterocycles. The quantitative estimate of drug-likeness (QED) is 0.450. The number of carbonyl (C=O) groups is 1. The topological polar surface area (TPSA) is 94.1 Å². The first-order valence-corrected chi connectivity index (χ1v) is 12.4. The molecule has 1 saturated heterocycles. The molecule has 29 heavy (non-hydrogen) atoms. The van der Waals surface area contributed by atoms with Crippen molar-refractivity contribution in [1.29, 1.82) is 0 Å². The monoisotopic (exact) mass is 441 g/mol. The maximum atomic E-state index is 12.4. The highest BCUT2D eigenvalue weighted by molar-refractivity contribution is 7.99. The van der Waals surface area contributed by atoms with Gasteiger partial charge in [-0.25, -0.2) is 12.7 Å². The van der Waals surface area contributed by atoms with E-state index in [0.29, 0.717) is 37.7 Å². The molecule has 10 heteroatoms. The van der Waals surface area contributed by atoms with E-state index in [-0.39, 0.29) is 11.7 Å². The Hall–Kier alpha value is -1.78. The smallest absolute Gasteiger partial charge is 0.253 e. The Balaban J connectivity index is 1.76. The van der Waals surface area contributed by atoms with Crippen LogP contribution in [0, 0.1) is 0 Å². The summed E-state index contributed by atoms with van der Waals surface area (Å²) in [4.78, 5) is 17.8. The molecule has 8 nitrogen and oxygen atoms in total. The average molecular weight is 442 g/mol. The number of benzene rings is 1. The third-order valence-electron chi connectivity index (χ3n) is 4.53. The Bertz CT molecular complexity index is 806. The molecule has 0 atom stereocenters. The van der Waals surface area contributed by atoms with Gasteiger partial charge in [0.05, 0.1) is 5.75 Å². The van der Waals surface area contributed by atoms with Crippen molar-refractivity contribution in [3.63, 3.8) is 0 Å². The largest absolute Gasteiger partial charge is 0.356 e. The summed E-state index contributed by atoms with van der Waals surface area (Å²) in [6, 6.07) is 7.56. The number of guanidine groups is 1. The third kappa shape index (κ3) is 7.52. The highest BCUT2D eigenvalue weighted by atomic mass is 32.2. The van der Waals surface area contributed by atoms with Gasteiger partial charge in [0.1, 0.15) is 0 Å². The molecular formula is C19H31N5O3S2. The fourth-order valence-electron chi connectivity index (χ4n) is 2.92. The number of nitrogens with one attached hydrogen (secondary N) is 2. The Morgan fingerprint density at radius 1 is 1.21 bits per heavy atom. The van der Waals surface area contributed by atoms with E-state index in [1.165, 1.54) is 0 Å². The minimum Gasteiger partial charge on any atom is -0.356 e. The van der Waals surface area contributed by atoms with E-state index >= 15 is 0 Å². The van der Waals surface area contributed by atoms with Gasteiger partial charge < -0.3 is 15.5 Å². The van der Waals surface area contributed by atoms with E-state index in [1.807, 2.05) is 18.2 Å². The third-order valence-corrected chi connectivity index (χ3v) is 7.34. The van der Waals surface area contributed by atoms with Crippen molar-refractivity contribution in [3.8, 4) is 0 Å². The predicted octanol–water partition coefficient (Wildman–Crippen LogP) is 0.475. The zero-order valence-electron chi connectivity index (χ0n) is 17.3. The summed E-state index contributed by atoms with van der Waals surface area (Å²) in [7, 11) is 1.89. The van der Waals surface area contributed by atoms with E-state index in [2.05, 4.69) is 15.6 Å².